The number of pyridine rings is 3. The number of hydrogen-bond acceptors (Lipinski definition) is 4. The number of hydrogen-bond donors (Lipinski definition) is 0. The molecule has 0 aromatic carbocycles. The minimum atomic E-state index is 0.0281. The number of fused-ring (bicyclic) bond motifs is 1. The minimum Gasteiger partial charge on any atom is -0.338 e. The Labute approximate surface area is 179 Å². The second-order valence-corrected chi connectivity index (χ2v) is 7.94. The van der Waals surface area contributed by atoms with Crippen molar-refractivity contribution in [3.05, 3.63) is 83.5 Å². The van der Waals surface area contributed by atoms with E-state index in [1.165, 1.54) is 0 Å². The molecule has 0 spiro atoms. The van der Waals surface area contributed by atoms with Crippen LogP contribution in [0, 0.1) is 0 Å². The van der Waals surface area contributed by atoms with E-state index < -0.39 is 0 Å². The highest BCUT2D eigenvalue weighted by Crippen LogP contribution is 2.29. The van der Waals surface area contributed by atoms with Gasteiger partial charge in [0.1, 0.15) is 5.65 Å². The molecule has 1 aliphatic heterocycles. The van der Waals surface area contributed by atoms with Gasteiger partial charge in [-0.05, 0) is 49.2 Å². The molecule has 30 heavy (non-hydrogen) atoms. The predicted molar refractivity (Wildman–Crippen MR) is 116 cm³/mol. The summed E-state index contributed by atoms with van der Waals surface area (Å²) in [7, 11) is 0. The fourth-order valence-corrected chi connectivity index (χ4v) is 4.20. The topological polar surface area (TPSA) is 63.4 Å². The highest BCUT2D eigenvalue weighted by atomic mass is 35.5. The van der Waals surface area contributed by atoms with Crippen molar-refractivity contribution in [2.75, 3.05) is 13.1 Å². The van der Waals surface area contributed by atoms with Gasteiger partial charge in [-0.25, -0.2) is 4.98 Å². The smallest absolute Gasteiger partial charge is 0.255 e. The van der Waals surface area contributed by atoms with Gasteiger partial charge in [-0.15, -0.1) is 0 Å². The number of likely N-dealkylation sites (tertiary alicyclic amines) is 1. The molecular formula is C23H20ClN5O. The summed E-state index contributed by atoms with van der Waals surface area (Å²) in [5, 5.41) is 0.648. The van der Waals surface area contributed by atoms with Crippen molar-refractivity contribution in [3.8, 4) is 11.4 Å². The number of rotatable bonds is 3. The lowest BCUT2D eigenvalue weighted by Gasteiger charge is -2.32. The van der Waals surface area contributed by atoms with Crippen molar-refractivity contribution in [2.24, 2.45) is 0 Å². The molecule has 1 amide bonds. The van der Waals surface area contributed by atoms with Crippen LogP contribution in [0.4, 0.5) is 0 Å². The molecule has 7 heteroatoms. The van der Waals surface area contributed by atoms with Crippen LogP contribution in [0.3, 0.4) is 0 Å². The van der Waals surface area contributed by atoms with Gasteiger partial charge in [0.2, 0.25) is 0 Å². The molecule has 4 aromatic heterocycles. The summed E-state index contributed by atoms with van der Waals surface area (Å²) >= 11 is 6.17. The van der Waals surface area contributed by atoms with Crippen molar-refractivity contribution in [2.45, 2.75) is 18.8 Å². The summed E-state index contributed by atoms with van der Waals surface area (Å²) in [5.41, 5.74) is 4.19. The lowest BCUT2D eigenvalue weighted by molar-refractivity contribution is 0.0705. The summed E-state index contributed by atoms with van der Waals surface area (Å²) in [6.07, 6.45) is 8.93. The fourth-order valence-electron chi connectivity index (χ4n) is 4.04. The number of amides is 1. The molecule has 1 saturated heterocycles. The van der Waals surface area contributed by atoms with E-state index in [2.05, 4.69) is 9.97 Å². The maximum atomic E-state index is 12.9. The number of carbonyl (C=O) groups is 1. The van der Waals surface area contributed by atoms with E-state index in [1.807, 2.05) is 58.1 Å². The third kappa shape index (κ3) is 3.55. The maximum absolute atomic E-state index is 12.9. The zero-order chi connectivity index (χ0) is 20.5. The van der Waals surface area contributed by atoms with Crippen LogP contribution in [-0.4, -0.2) is 43.2 Å². The number of nitrogens with zero attached hydrogens (tertiary/aromatic N) is 5. The van der Waals surface area contributed by atoms with E-state index in [4.69, 9.17) is 16.6 Å². The van der Waals surface area contributed by atoms with E-state index in [9.17, 15) is 4.79 Å². The maximum Gasteiger partial charge on any atom is 0.255 e. The van der Waals surface area contributed by atoms with Crippen LogP contribution in [0.15, 0.2) is 67.3 Å². The van der Waals surface area contributed by atoms with Crippen molar-refractivity contribution in [3.63, 3.8) is 0 Å². The second kappa shape index (κ2) is 7.88. The van der Waals surface area contributed by atoms with E-state index in [1.54, 1.807) is 18.5 Å². The Kier molecular flexibility index (Phi) is 4.93. The summed E-state index contributed by atoms with van der Waals surface area (Å²) in [6.45, 7) is 1.42. The first-order valence-electron chi connectivity index (χ1n) is 9.98. The SMILES string of the molecule is O=C(c1cccnc1)N1CCCC(c2cccc(-c3cnc4ccc(Cl)cn34)n2)C1. The van der Waals surface area contributed by atoms with Crippen LogP contribution in [0.25, 0.3) is 17.0 Å². The molecule has 0 radical (unpaired) electrons. The number of aromatic nitrogens is 4. The highest BCUT2D eigenvalue weighted by molar-refractivity contribution is 6.30. The molecule has 0 aliphatic carbocycles. The average Bonchev–Trinajstić information content (AvgIpc) is 3.22. The van der Waals surface area contributed by atoms with Crippen LogP contribution < -0.4 is 0 Å². The van der Waals surface area contributed by atoms with Gasteiger partial charge in [0.15, 0.2) is 0 Å². The van der Waals surface area contributed by atoms with Gasteiger partial charge < -0.3 is 4.90 Å². The number of piperidine rings is 1. The monoisotopic (exact) mass is 417 g/mol. The van der Waals surface area contributed by atoms with E-state index in [0.717, 1.165) is 42.1 Å². The molecule has 0 N–H and O–H groups in total. The number of imidazole rings is 1. The Morgan fingerprint density at radius 2 is 2.03 bits per heavy atom. The first kappa shape index (κ1) is 18.8. The third-order valence-corrected chi connectivity index (χ3v) is 5.76. The Hall–Kier alpha value is -3.25. The van der Waals surface area contributed by atoms with Crippen LogP contribution in [-0.2, 0) is 0 Å². The Morgan fingerprint density at radius 1 is 1.10 bits per heavy atom. The first-order chi connectivity index (χ1) is 14.7. The van der Waals surface area contributed by atoms with Gasteiger partial charge in [-0.3, -0.25) is 19.2 Å². The summed E-state index contributed by atoms with van der Waals surface area (Å²) in [5.74, 6) is 0.225. The molecule has 6 nitrogen and oxygen atoms in total. The molecule has 4 aromatic rings. The van der Waals surface area contributed by atoms with E-state index in [0.29, 0.717) is 17.1 Å². The number of halogens is 1. The van der Waals surface area contributed by atoms with Gasteiger partial charge in [0, 0.05) is 43.3 Å². The van der Waals surface area contributed by atoms with Crippen molar-refractivity contribution >= 4 is 23.2 Å². The van der Waals surface area contributed by atoms with Crippen molar-refractivity contribution in [1.29, 1.82) is 0 Å². The van der Waals surface area contributed by atoms with E-state index in [-0.39, 0.29) is 11.8 Å². The lowest BCUT2D eigenvalue weighted by atomic mass is 9.93. The lowest BCUT2D eigenvalue weighted by Crippen LogP contribution is -2.39. The first-order valence-corrected chi connectivity index (χ1v) is 10.4. The van der Waals surface area contributed by atoms with Gasteiger partial charge in [0.05, 0.1) is 28.2 Å². The van der Waals surface area contributed by atoms with Crippen LogP contribution >= 0.6 is 11.6 Å². The molecule has 1 atom stereocenters. The quantitative estimate of drug-likeness (QED) is 0.493. The Morgan fingerprint density at radius 3 is 2.90 bits per heavy atom. The van der Waals surface area contributed by atoms with Gasteiger partial charge >= 0.3 is 0 Å². The molecule has 150 valence electrons. The fraction of sp³-hybridized carbons (Fsp3) is 0.217. The van der Waals surface area contributed by atoms with Crippen LogP contribution in [0.5, 0.6) is 0 Å². The zero-order valence-electron chi connectivity index (χ0n) is 16.3. The predicted octanol–water partition coefficient (Wildman–Crippen LogP) is 4.46. The molecule has 1 fully saturated rings. The van der Waals surface area contributed by atoms with Crippen molar-refractivity contribution in [1.82, 2.24) is 24.3 Å². The molecular weight excluding hydrogens is 398 g/mol. The van der Waals surface area contributed by atoms with Crippen LogP contribution in [0.2, 0.25) is 5.02 Å². The Balaban J connectivity index is 1.42. The molecule has 0 saturated carbocycles. The standard InChI is InChI=1S/C23H20ClN5O/c24-18-8-9-22-26-13-21(29(22)15-18)20-7-1-6-19(27-20)17-5-3-11-28(14-17)23(30)16-4-2-10-25-12-16/h1-2,4,6-10,12-13,15,17H,3,5,11,14H2. The van der Waals surface area contributed by atoms with Gasteiger partial charge in [-0.1, -0.05) is 17.7 Å². The zero-order valence-corrected chi connectivity index (χ0v) is 17.0. The number of carbonyl (C=O) groups excluding carboxylic acids is 1. The molecule has 1 aliphatic rings. The largest absolute Gasteiger partial charge is 0.338 e. The van der Waals surface area contributed by atoms with Crippen molar-refractivity contribution < 1.29 is 4.79 Å². The van der Waals surface area contributed by atoms with Crippen LogP contribution in [0.1, 0.15) is 34.8 Å². The minimum absolute atomic E-state index is 0.0281. The summed E-state index contributed by atoms with van der Waals surface area (Å²) in [4.78, 5) is 28.2. The van der Waals surface area contributed by atoms with Gasteiger partial charge in [-0.2, -0.15) is 0 Å². The molecule has 0 bridgehead atoms. The average molecular weight is 418 g/mol. The normalized spacial score (nSPS) is 16.7. The Bertz CT molecular complexity index is 1210. The third-order valence-electron chi connectivity index (χ3n) is 5.54. The summed E-state index contributed by atoms with van der Waals surface area (Å²) in [6, 6.07) is 13.4. The molecule has 1 unspecified atom stereocenters. The molecule has 5 rings (SSSR count). The summed E-state index contributed by atoms with van der Waals surface area (Å²) < 4.78 is 1.95. The van der Waals surface area contributed by atoms with E-state index >= 15 is 0 Å². The van der Waals surface area contributed by atoms with Gasteiger partial charge in [0.25, 0.3) is 5.91 Å². The highest BCUT2D eigenvalue weighted by Gasteiger charge is 2.26. The molecule has 5 heterocycles. The second-order valence-electron chi connectivity index (χ2n) is 7.50.